The second-order valence-corrected chi connectivity index (χ2v) is 8.59. The molecule has 2 nitrogen and oxygen atoms in total. The fourth-order valence-corrected chi connectivity index (χ4v) is 5.12. The molecule has 160 valence electrons. The maximum Gasteiger partial charge on any atom is 0.143 e. The molecule has 6 aromatic carbocycles. The van der Waals surface area contributed by atoms with E-state index in [4.69, 9.17) is 4.42 Å². The van der Waals surface area contributed by atoms with Crippen molar-refractivity contribution in [1.29, 1.82) is 0 Å². The summed E-state index contributed by atoms with van der Waals surface area (Å²) in [4.78, 5) is 2.31. The molecule has 1 aromatic heterocycles. The summed E-state index contributed by atoms with van der Waals surface area (Å²) in [6.07, 6.45) is 0. The standard InChI is InChI=1S/C32H21NO/c1-3-12-23(13-4-1)33(24-14-5-2-6-15-24)29-21-30-31(27-18-10-9-17-26(27)29)28-20-19-22-11-7-8-16-25(22)32(28)34-30/h1-21H. The van der Waals surface area contributed by atoms with Crippen LogP contribution in [0, 0.1) is 0 Å². The molecule has 0 radical (unpaired) electrons. The highest BCUT2D eigenvalue weighted by Gasteiger charge is 2.20. The second kappa shape index (κ2) is 7.50. The van der Waals surface area contributed by atoms with E-state index >= 15 is 0 Å². The molecule has 0 bridgehead atoms. The fraction of sp³-hybridized carbons (Fsp3) is 0. The summed E-state index contributed by atoms with van der Waals surface area (Å²) in [5, 5.41) is 7.04. The molecule has 2 heteroatoms. The van der Waals surface area contributed by atoms with E-state index in [2.05, 4.69) is 132 Å². The highest BCUT2D eigenvalue weighted by molar-refractivity contribution is 6.25. The Bertz CT molecular complexity index is 1760. The van der Waals surface area contributed by atoms with Crippen LogP contribution in [0.4, 0.5) is 17.1 Å². The highest BCUT2D eigenvalue weighted by atomic mass is 16.3. The molecule has 0 unspecified atom stereocenters. The molecule has 0 aliphatic rings. The van der Waals surface area contributed by atoms with Crippen molar-refractivity contribution in [3.8, 4) is 0 Å². The van der Waals surface area contributed by atoms with Crippen LogP contribution in [0.15, 0.2) is 132 Å². The van der Waals surface area contributed by atoms with Gasteiger partial charge in [0.25, 0.3) is 0 Å². The van der Waals surface area contributed by atoms with Crippen molar-refractivity contribution in [3.05, 3.63) is 127 Å². The SMILES string of the molecule is c1ccc(N(c2ccccc2)c2cc3oc4c5ccccc5ccc4c3c3ccccc23)cc1. The Kier molecular flexibility index (Phi) is 4.18. The fourth-order valence-electron chi connectivity index (χ4n) is 5.12. The maximum atomic E-state index is 6.61. The minimum absolute atomic E-state index is 0.900. The van der Waals surface area contributed by atoms with Gasteiger partial charge in [0.2, 0.25) is 0 Å². The van der Waals surface area contributed by atoms with Crippen LogP contribution in [0.3, 0.4) is 0 Å². The number of hydrogen-bond donors (Lipinski definition) is 0. The summed E-state index contributed by atoms with van der Waals surface area (Å²) < 4.78 is 6.61. The molecule has 7 rings (SSSR count). The Morgan fingerprint density at radius 2 is 1.06 bits per heavy atom. The van der Waals surface area contributed by atoms with Gasteiger partial charge in [-0.3, -0.25) is 0 Å². The van der Waals surface area contributed by atoms with Gasteiger partial charge in [0, 0.05) is 39.0 Å². The maximum absolute atomic E-state index is 6.61. The molecule has 0 spiro atoms. The van der Waals surface area contributed by atoms with Crippen molar-refractivity contribution >= 4 is 60.5 Å². The number of hydrogen-bond acceptors (Lipinski definition) is 2. The summed E-state index contributed by atoms with van der Waals surface area (Å²) in [7, 11) is 0. The lowest BCUT2D eigenvalue weighted by Gasteiger charge is -2.26. The van der Waals surface area contributed by atoms with E-state index in [1.165, 1.54) is 21.5 Å². The van der Waals surface area contributed by atoms with Crippen molar-refractivity contribution < 1.29 is 4.42 Å². The number of para-hydroxylation sites is 2. The molecular weight excluding hydrogens is 414 g/mol. The normalized spacial score (nSPS) is 11.5. The molecule has 0 N–H and O–H groups in total. The minimum atomic E-state index is 0.900. The van der Waals surface area contributed by atoms with Crippen LogP contribution in [-0.4, -0.2) is 0 Å². The number of rotatable bonds is 3. The van der Waals surface area contributed by atoms with Crippen LogP contribution >= 0.6 is 0 Å². The molecule has 0 saturated heterocycles. The van der Waals surface area contributed by atoms with Crippen molar-refractivity contribution in [1.82, 2.24) is 0 Å². The lowest BCUT2D eigenvalue weighted by atomic mass is 9.99. The highest BCUT2D eigenvalue weighted by Crippen LogP contribution is 2.45. The quantitative estimate of drug-likeness (QED) is 0.275. The Hall–Kier alpha value is -4.56. The van der Waals surface area contributed by atoms with Gasteiger partial charge in [-0.2, -0.15) is 0 Å². The predicted octanol–water partition coefficient (Wildman–Crippen LogP) is 9.36. The molecule has 0 saturated carbocycles. The van der Waals surface area contributed by atoms with Gasteiger partial charge in [-0.15, -0.1) is 0 Å². The van der Waals surface area contributed by atoms with E-state index in [0.29, 0.717) is 0 Å². The van der Waals surface area contributed by atoms with Gasteiger partial charge in [-0.05, 0) is 41.1 Å². The second-order valence-electron chi connectivity index (χ2n) is 8.59. The van der Waals surface area contributed by atoms with Gasteiger partial charge < -0.3 is 9.32 Å². The van der Waals surface area contributed by atoms with Crippen LogP contribution in [0.1, 0.15) is 0 Å². The first-order valence-electron chi connectivity index (χ1n) is 11.5. The number of benzene rings is 6. The molecule has 0 aliphatic carbocycles. The Balaban J connectivity index is 1.62. The van der Waals surface area contributed by atoms with Gasteiger partial charge in [0.1, 0.15) is 11.2 Å². The van der Waals surface area contributed by atoms with Gasteiger partial charge in [0.15, 0.2) is 0 Å². The van der Waals surface area contributed by atoms with Crippen LogP contribution in [-0.2, 0) is 0 Å². The number of nitrogens with zero attached hydrogens (tertiary/aromatic N) is 1. The summed E-state index contributed by atoms with van der Waals surface area (Å²) in [5.41, 5.74) is 5.17. The Morgan fingerprint density at radius 1 is 0.471 bits per heavy atom. The Labute approximate surface area is 197 Å². The molecule has 34 heavy (non-hydrogen) atoms. The summed E-state index contributed by atoms with van der Waals surface area (Å²) >= 11 is 0. The van der Waals surface area contributed by atoms with Gasteiger partial charge >= 0.3 is 0 Å². The zero-order chi connectivity index (χ0) is 22.5. The minimum Gasteiger partial charge on any atom is -0.455 e. The van der Waals surface area contributed by atoms with E-state index in [0.717, 1.165) is 39.0 Å². The Morgan fingerprint density at radius 3 is 1.76 bits per heavy atom. The smallest absolute Gasteiger partial charge is 0.143 e. The number of furan rings is 1. The lowest BCUT2D eigenvalue weighted by molar-refractivity contribution is 0.673. The van der Waals surface area contributed by atoms with E-state index in [1.807, 2.05) is 0 Å². The molecule has 1 heterocycles. The topological polar surface area (TPSA) is 16.4 Å². The number of fused-ring (bicyclic) bond motifs is 7. The van der Waals surface area contributed by atoms with Crippen molar-refractivity contribution in [2.24, 2.45) is 0 Å². The van der Waals surface area contributed by atoms with E-state index in [9.17, 15) is 0 Å². The molecule has 0 fully saturated rings. The van der Waals surface area contributed by atoms with Crippen LogP contribution in [0.5, 0.6) is 0 Å². The van der Waals surface area contributed by atoms with Crippen molar-refractivity contribution in [3.63, 3.8) is 0 Å². The van der Waals surface area contributed by atoms with E-state index in [1.54, 1.807) is 0 Å². The lowest BCUT2D eigenvalue weighted by Crippen LogP contribution is -2.10. The first kappa shape index (κ1) is 19.0. The van der Waals surface area contributed by atoms with Gasteiger partial charge in [-0.1, -0.05) is 91.0 Å². The van der Waals surface area contributed by atoms with E-state index < -0.39 is 0 Å². The third-order valence-corrected chi connectivity index (χ3v) is 6.62. The summed E-state index contributed by atoms with van der Waals surface area (Å²) in [6, 6.07) is 44.7. The molecule has 0 amide bonds. The molecule has 7 aromatic rings. The van der Waals surface area contributed by atoms with Crippen molar-refractivity contribution in [2.75, 3.05) is 4.90 Å². The average molecular weight is 436 g/mol. The number of anilines is 3. The third-order valence-electron chi connectivity index (χ3n) is 6.62. The van der Waals surface area contributed by atoms with Crippen LogP contribution in [0.25, 0.3) is 43.5 Å². The zero-order valence-corrected chi connectivity index (χ0v) is 18.5. The van der Waals surface area contributed by atoms with Crippen molar-refractivity contribution in [2.45, 2.75) is 0 Å². The summed E-state index contributed by atoms with van der Waals surface area (Å²) in [5.74, 6) is 0. The van der Waals surface area contributed by atoms with E-state index in [-0.39, 0.29) is 0 Å². The average Bonchev–Trinajstić information content (AvgIpc) is 3.29. The third kappa shape index (κ3) is 2.82. The first-order chi connectivity index (χ1) is 16.9. The first-order valence-corrected chi connectivity index (χ1v) is 11.5. The van der Waals surface area contributed by atoms with Gasteiger partial charge in [0.05, 0.1) is 5.69 Å². The van der Waals surface area contributed by atoms with Crippen LogP contribution < -0.4 is 4.90 Å². The predicted molar refractivity (Wildman–Crippen MR) is 143 cm³/mol. The van der Waals surface area contributed by atoms with Crippen LogP contribution in [0.2, 0.25) is 0 Å². The molecule has 0 aliphatic heterocycles. The van der Waals surface area contributed by atoms with Gasteiger partial charge in [-0.25, -0.2) is 0 Å². The summed E-state index contributed by atoms with van der Waals surface area (Å²) in [6.45, 7) is 0. The zero-order valence-electron chi connectivity index (χ0n) is 18.5. The largest absolute Gasteiger partial charge is 0.455 e. The molecular formula is C32H21NO. The monoisotopic (exact) mass is 435 g/mol. The molecule has 0 atom stereocenters.